The van der Waals surface area contributed by atoms with E-state index in [2.05, 4.69) is 0 Å². The van der Waals surface area contributed by atoms with Crippen LogP contribution in [0.4, 0.5) is 0 Å². The van der Waals surface area contributed by atoms with Gasteiger partial charge in [0.1, 0.15) is 0 Å². The third-order valence-corrected chi connectivity index (χ3v) is 2.96. The molecule has 6 nitrogen and oxygen atoms in total. The normalized spacial score (nSPS) is 16.0. The van der Waals surface area contributed by atoms with Crippen LogP contribution in [-0.4, -0.2) is 55.2 Å². The number of hydrogen-bond donors (Lipinski definition) is 1. The van der Waals surface area contributed by atoms with Gasteiger partial charge in [-0.25, -0.2) is 9.59 Å². The van der Waals surface area contributed by atoms with E-state index in [1.807, 2.05) is 0 Å². The fourth-order valence-electron chi connectivity index (χ4n) is 2.01. The van der Waals surface area contributed by atoms with Gasteiger partial charge in [-0.2, -0.15) is 0 Å². The summed E-state index contributed by atoms with van der Waals surface area (Å²) in [6.45, 7) is 5.16. The maximum Gasteiger partial charge on any atom is 0.335 e. The summed E-state index contributed by atoms with van der Waals surface area (Å²) in [6.07, 6.45) is 1.55. The van der Waals surface area contributed by atoms with Crippen molar-refractivity contribution in [1.82, 2.24) is 4.90 Å². The van der Waals surface area contributed by atoms with Gasteiger partial charge in [0.15, 0.2) is 0 Å². The van der Waals surface area contributed by atoms with Gasteiger partial charge < -0.3 is 15.2 Å². The number of nitrogens with two attached hydrogens (primary N) is 1. The van der Waals surface area contributed by atoms with E-state index in [1.54, 1.807) is 18.7 Å². The Morgan fingerprint density at radius 1 is 1.10 bits per heavy atom. The number of piperidine rings is 1. The number of ether oxygens (including phenoxy) is 2. The SMILES string of the molecule is CCOC(=O)C(C(=O)OCC)N1CCC(N)CC1.Cl.Cl. The zero-order valence-corrected chi connectivity index (χ0v) is 13.5. The minimum Gasteiger partial charge on any atom is -0.464 e. The molecule has 0 unspecified atom stereocenters. The summed E-state index contributed by atoms with van der Waals surface area (Å²) in [5.74, 6) is -1.07. The quantitative estimate of drug-likeness (QED) is 0.591. The summed E-state index contributed by atoms with van der Waals surface area (Å²) in [5, 5.41) is 0. The highest BCUT2D eigenvalue weighted by Crippen LogP contribution is 2.14. The molecule has 8 heteroatoms. The number of halogens is 2. The van der Waals surface area contributed by atoms with E-state index in [0.717, 1.165) is 12.8 Å². The molecule has 0 aromatic heterocycles. The molecule has 0 radical (unpaired) electrons. The van der Waals surface area contributed by atoms with E-state index in [9.17, 15) is 9.59 Å². The molecule has 1 aliphatic heterocycles. The number of carbonyl (C=O) groups is 2. The van der Waals surface area contributed by atoms with Crippen molar-refractivity contribution in [2.24, 2.45) is 5.73 Å². The molecule has 1 heterocycles. The van der Waals surface area contributed by atoms with Gasteiger partial charge in [-0.1, -0.05) is 0 Å². The van der Waals surface area contributed by atoms with Crippen LogP contribution in [0.3, 0.4) is 0 Å². The van der Waals surface area contributed by atoms with Crippen molar-refractivity contribution in [2.45, 2.75) is 38.8 Å². The van der Waals surface area contributed by atoms with Gasteiger partial charge in [0, 0.05) is 19.1 Å². The van der Waals surface area contributed by atoms with Gasteiger partial charge in [0.2, 0.25) is 6.04 Å². The second-order valence-electron chi connectivity index (χ2n) is 4.28. The van der Waals surface area contributed by atoms with E-state index in [0.29, 0.717) is 13.1 Å². The van der Waals surface area contributed by atoms with Gasteiger partial charge >= 0.3 is 11.9 Å². The summed E-state index contributed by atoms with van der Waals surface area (Å²) in [5.41, 5.74) is 5.81. The van der Waals surface area contributed by atoms with Gasteiger partial charge in [0.25, 0.3) is 0 Å². The Bertz CT molecular complexity index is 279. The van der Waals surface area contributed by atoms with Crippen LogP contribution in [0.15, 0.2) is 0 Å². The lowest BCUT2D eigenvalue weighted by Crippen LogP contribution is -2.53. The van der Waals surface area contributed by atoms with Crippen LogP contribution in [0.1, 0.15) is 26.7 Å². The molecule has 1 saturated heterocycles. The first-order chi connectivity index (χ1) is 8.60. The Labute approximate surface area is 132 Å². The third-order valence-electron chi connectivity index (χ3n) is 2.96. The first-order valence-electron chi connectivity index (χ1n) is 6.43. The zero-order chi connectivity index (χ0) is 13.5. The summed E-state index contributed by atoms with van der Waals surface area (Å²) in [6, 6.07) is -0.802. The number of nitrogens with zero attached hydrogens (tertiary/aromatic N) is 1. The fraction of sp³-hybridized carbons (Fsp3) is 0.833. The minimum atomic E-state index is -0.947. The summed E-state index contributed by atoms with van der Waals surface area (Å²) >= 11 is 0. The molecule has 0 spiro atoms. The summed E-state index contributed by atoms with van der Waals surface area (Å²) < 4.78 is 9.88. The molecular formula is C12H24Cl2N2O4. The van der Waals surface area contributed by atoms with Crippen LogP contribution in [0, 0.1) is 0 Å². The molecular weight excluding hydrogens is 307 g/mol. The van der Waals surface area contributed by atoms with Crippen LogP contribution in [0.5, 0.6) is 0 Å². The highest BCUT2D eigenvalue weighted by atomic mass is 35.5. The highest BCUT2D eigenvalue weighted by molar-refractivity contribution is 5.99. The molecule has 1 rings (SSSR count). The van der Waals surface area contributed by atoms with Crippen molar-refractivity contribution >= 4 is 36.8 Å². The number of likely N-dealkylation sites (tertiary alicyclic amines) is 1. The predicted molar refractivity (Wildman–Crippen MR) is 80.3 cm³/mol. The number of rotatable bonds is 5. The Kier molecular flexibility index (Phi) is 12.1. The first kappa shape index (κ1) is 21.7. The lowest BCUT2D eigenvalue weighted by molar-refractivity contribution is -0.164. The van der Waals surface area contributed by atoms with Crippen LogP contribution in [0.2, 0.25) is 0 Å². The Balaban J connectivity index is 0. The van der Waals surface area contributed by atoms with Crippen molar-refractivity contribution in [3.63, 3.8) is 0 Å². The summed E-state index contributed by atoms with van der Waals surface area (Å²) in [4.78, 5) is 25.5. The molecule has 0 bridgehead atoms. The third kappa shape index (κ3) is 6.26. The minimum absolute atomic E-state index is 0. The molecule has 0 aromatic carbocycles. The predicted octanol–water partition coefficient (Wildman–Crippen LogP) is 0.748. The molecule has 1 fully saturated rings. The van der Waals surface area contributed by atoms with Crippen molar-refractivity contribution in [3.05, 3.63) is 0 Å². The molecule has 120 valence electrons. The second-order valence-corrected chi connectivity index (χ2v) is 4.28. The molecule has 20 heavy (non-hydrogen) atoms. The first-order valence-corrected chi connectivity index (χ1v) is 6.43. The molecule has 2 N–H and O–H groups in total. The topological polar surface area (TPSA) is 81.9 Å². The van der Waals surface area contributed by atoms with Gasteiger partial charge in [-0.05, 0) is 26.7 Å². The lowest BCUT2D eigenvalue weighted by Gasteiger charge is -2.33. The van der Waals surface area contributed by atoms with E-state index in [4.69, 9.17) is 15.2 Å². The number of carbonyl (C=O) groups excluding carboxylic acids is 2. The fourth-order valence-corrected chi connectivity index (χ4v) is 2.01. The van der Waals surface area contributed by atoms with Crippen LogP contribution >= 0.6 is 24.8 Å². The maximum atomic E-state index is 11.8. The van der Waals surface area contributed by atoms with E-state index in [1.165, 1.54) is 0 Å². The monoisotopic (exact) mass is 330 g/mol. The van der Waals surface area contributed by atoms with Crippen molar-refractivity contribution in [1.29, 1.82) is 0 Å². The maximum absolute atomic E-state index is 11.8. The van der Waals surface area contributed by atoms with Gasteiger partial charge in [-0.15, -0.1) is 24.8 Å². The number of hydrogen-bond acceptors (Lipinski definition) is 6. The highest BCUT2D eigenvalue weighted by Gasteiger charge is 2.36. The Morgan fingerprint density at radius 3 is 1.85 bits per heavy atom. The molecule has 0 aliphatic carbocycles. The van der Waals surface area contributed by atoms with Gasteiger partial charge in [-0.3, -0.25) is 4.90 Å². The van der Waals surface area contributed by atoms with Crippen LogP contribution in [0.25, 0.3) is 0 Å². The van der Waals surface area contributed by atoms with Crippen molar-refractivity contribution in [3.8, 4) is 0 Å². The standard InChI is InChI=1S/C12H22N2O4.2ClH/c1-3-17-11(15)10(12(16)18-4-2)14-7-5-9(13)6-8-14;;/h9-10H,3-8,13H2,1-2H3;2*1H. The van der Waals surface area contributed by atoms with Crippen molar-refractivity contribution < 1.29 is 19.1 Å². The zero-order valence-electron chi connectivity index (χ0n) is 11.9. The molecule has 0 aromatic rings. The second kappa shape index (κ2) is 11.1. The smallest absolute Gasteiger partial charge is 0.335 e. The summed E-state index contributed by atoms with van der Waals surface area (Å²) in [7, 11) is 0. The van der Waals surface area contributed by atoms with E-state index >= 15 is 0 Å². The van der Waals surface area contributed by atoms with Gasteiger partial charge in [0.05, 0.1) is 13.2 Å². The lowest BCUT2D eigenvalue weighted by atomic mass is 10.0. The van der Waals surface area contributed by atoms with Crippen LogP contribution in [-0.2, 0) is 19.1 Å². The average molecular weight is 331 g/mol. The molecule has 0 atom stereocenters. The average Bonchev–Trinajstić information content (AvgIpc) is 2.33. The van der Waals surface area contributed by atoms with Crippen molar-refractivity contribution in [2.75, 3.05) is 26.3 Å². The van der Waals surface area contributed by atoms with Crippen LogP contribution < -0.4 is 5.73 Å². The van der Waals surface area contributed by atoms with E-state index in [-0.39, 0.29) is 44.1 Å². The number of esters is 2. The molecule has 0 saturated carbocycles. The largest absolute Gasteiger partial charge is 0.464 e. The molecule has 1 aliphatic rings. The Morgan fingerprint density at radius 2 is 1.50 bits per heavy atom. The van der Waals surface area contributed by atoms with E-state index < -0.39 is 18.0 Å². The molecule has 0 amide bonds. The Hall–Kier alpha value is -0.560.